The average molecular weight is 435 g/mol. The van der Waals surface area contributed by atoms with E-state index < -0.39 is 6.10 Å². The van der Waals surface area contributed by atoms with Crippen molar-refractivity contribution >= 4 is 15.9 Å². The molecule has 2 aliphatic rings. The Hall–Kier alpha value is -1.76. The van der Waals surface area contributed by atoms with Crippen LogP contribution in [0.3, 0.4) is 0 Å². The molecule has 0 spiro atoms. The highest BCUT2D eigenvalue weighted by Crippen LogP contribution is 2.52. The summed E-state index contributed by atoms with van der Waals surface area (Å²) in [6.45, 7) is 1.21. The lowest BCUT2D eigenvalue weighted by Crippen LogP contribution is -2.48. The molecule has 6 heteroatoms. The van der Waals surface area contributed by atoms with Gasteiger partial charge in [0.05, 0.1) is 39.4 Å². The molecule has 2 heterocycles. The van der Waals surface area contributed by atoms with Crippen LogP contribution in [0, 0.1) is 0 Å². The second kappa shape index (κ2) is 7.00. The van der Waals surface area contributed by atoms with Gasteiger partial charge < -0.3 is 23.8 Å². The van der Waals surface area contributed by atoms with E-state index in [0.717, 1.165) is 44.5 Å². The van der Waals surface area contributed by atoms with Crippen molar-refractivity contribution in [3.8, 4) is 17.2 Å². The summed E-state index contributed by atoms with van der Waals surface area (Å²) >= 11 is 3.45. The van der Waals surface area contributed by atoms with E-state index in [0.29, 0.717) is 12.2 Å². The molecule has 0 fully saturated rings. The summed E-state index contributed by atoms with van der Waals surface area (Å²) in [5.41, 5.74) is 3.28. The first-order chi connectivity index (χ1) is 12.9. The van der Waals surface area contributed by atoms with Gasteiger partial charge in [0.15, 0.2) is 11.5 Å². The summed E-state index contributed by atoms with van der Waals surface area (Å²) in [5, 5.41) is 11.0. The normalized spacial score (nSPS) is 20.9. The molecule has 2 aromatic carbocycles. The highest BCUT2D eigenvalue weighted by atomic mass is 79.9. The first-order valence-corrected chi connectivity index (χ1v) is 9.95. The van der Waals surface area contributed by atoms with Gasteiger partial charge in [-0.1, -0.05) is 28.1 Å². The third-order valence-corrected chi connectivity index (χ3v) is 6.31. The molecule has 0 saturated carbocycles. The van der Waals surface area contributed by atoms with E-state index in [1.54, 1.807) is 7.11 Å². The molecule has 27 heavy (non-hydrogen) atoms. The maximum Gasteiger partial charge on any atom is 0.231 e. The van der Waals surface area contributed by atoms with Crippen LogP contribution in [0.25, 0.3) is 0 Å². The van der Waals surface area contributed by atoms with Gasteiger partial charge in [0.2, 0.25) is 12.5 Å². The summed E-state index contributed by atoms with van der Waals surface area (Å²) in [6.07, 6.45) is 0.999. The summed E-state index contributed by atoms with van der Waals surface area (Å²) in [6, 6.07) is 10.0. The summed E-state index contributed by atoms with van der Waals surface area (Å²) in [7, 11) is 6.10. The molecule has 2 aliphatic heterocycles. The minimum absolute atomic E-state index is 0.0943. The SMILES string of the molecule is COc1c2c(cc3c1[C@@H](C[C@@H](O)c1ccc(Br)cc1)[N+](C)(C)CC3)OCO2. The number of ether oxygens (including phenoxy) is 3. The number of hydrogen-bond donors (Lipinski definition) is 1. The second-order valence-electron chi connectivity index (χ2n) is 7.79. The van der Waals surface area contributed by atoms with Crippen molar-refractivity contribution in [3.63, 3.8) is 0 Å². The Bertz CT molecular complexity index is 850. The van der Waals surface area contributed by atoms with Crippen LogP contribution in [0.1, 0.15) is 35.3 Å². The molecule has 0 bridgehead atoms. The lowest BCUT2D eigenvalue weighted by molar-refractivity contribution is -0.924. The predicted molar refractivity (Wildman–Crippen MR) is 106 cm³/mol. The number of halogens is 1. The summed E-state index contributed by atoms with van der Waals surface area (Å²) in [4.78, 5) is 0. The first kappa shape index (κ1) is 18.6. The number of methoxy groups -OCH3 is 1. The monoisotopic (exact) mass is 434 g/mol. The van der Waals surface area contributed by atoms with Crippen molar-refractivity contribution in [2.45, 2.75) is 25.0 Å². The lowest BCUT2D eigenvalue weighted by Gasteiger charge is -2.44. The van der Waals surface area contributed by atoms with Crippen LogP contribution in [-0.4, -0.2) is 44.1 Å². The van der Waals surface area contributed by atoms with E-state index in [9.17, 15) is 5.11 Å². The van der Waals surface area contributed by atoms with Gasteiger partial charge in [-0.15, -0.1) is 0 Å². The Balaban J connectivity index is 1.75. The number of hydrogen-bond acceptors (Lipinski definition) is 4. The van der Waals surface area contributed by atoms with Crippen molar-refractivity contribution in [2.75, 3.05) is 34.5 Å². The van der Waals surface area contributed by atoms with Gasteiger partial charge in [-0.3, -0.25) is 0 Å². The zero-order valence-corrected chi connectivity index (χ0v) is 17.5. The molecule has 0 radical (unpaired) electrons. The molecule has 5 nitrogen and oxygen atoms in total. The Kier molecular flexibility index (Phi) is 4.82. The molecule has 0 aromatic heterocycles. The molecule has 0 aliphatic carbocycles. The third kappa shape index (κ3) is 3.30. The Morgan fingerprint density at radius 2 is 2.00 bits per heavy atom. The fourth-order valence-corrected chi connectivity index (χ4v) is 4.47. The van der Waals surface area contributed by atoms with Gasteiger partial charge in [-0.05, 0) is 29.3 Å². The number of quaternary nitrogens is 1. The molecule has 0 unspecified atom stereocenters. The molecule has 2 atom stereocenters. The largest absolute Gasteiger partial charge is 0.492 e. The number of benzene rings is 2. The fraction of sp³-hybridized carbons (Fsp3) is 0.429. The van der Waals surface area contributed by atoms with Crippen molar-refractivity contribution in [1.29, 1.82) is 0 Å². The molecule has 2 aromatic rings. The van der Waals surface area contributed by atoms with E-state index in [-0.39, 0.29) is 12.8 Å². The van der Waals surface area contributed by atoms with Crippen molar-refractivity contribution in [1.82, 2.24) is 0 Å². The van der Waals surface area contributed by atoms with Crippen LogP contribution in [0.2, 0.25) is 0 Å². The van der Waals surface area contributed by atoms with E-state index >= 15 is 0 Å². The maximum absolute atomic E-state index is 11.0. The Morgan fingerprint density at radius 1 is 1.26 bits per heavy atom. The first-order valence-electron chi connectivity index (χ1n) is 9.16. The average Bonchev–Trinajstić information content (AvgIpc) is 3.11. The third-order valence-electron chi connectivity index (χ3n) is 5.78. The zero-order chi connectivity index (χ0) is 19.2. The quantitative estimate of drug-likeness (QED) is 0.739. The van der Waals surface area contributed by atoms with Crippen molar-refractivity contribution in [2.24, 2.45) is 0 Å². The molecule has 144 valence electrons. The highest BCUT2D eigenvalue weighted by Gasteiger charge is 2.42. The topological polar surface area (TPSA) is 47.9 Å². The van der Waals surface area contributed by atoms with E-state index in [2.05, 4.69) is 36.1 Å². The minimum atomic E-state index is -0.554. The van der Waals surface area contributed by atoms with Crippen LogP contribution in [0.15, 0.2) is 34.8 Å². The number of likely N-dealkylation sites (N-methyl/N-ethyl adjacent to an activating group) is 1. The summed E-state index contributed by atoms with van der Waals surface area (Å²) < 4.78 is 18.9. The highest BCUT2D eigenvalue weighted by molar-refractivity contribution is 9.10. The van der Waals surface area contributed by atoms with Crippen LogP contribution < -0.4 is 14.2 Å². The van der Waals surface area contributed by atoms with Crippen LogP contribution in [0.5, 0.6) is 17.2 Å². The minimum Gasteiger partial charge on any atom is -0.492 e. The maximum atomic E-state index is 11.0. The van der Waals surface area contributed by atoms with Gasteiger partial charge in [0.1, 0.15) is 6.04 Å². The predicted octanol–water partition coefficient (Wildman–Crippen LogP) is 3.98. The number of rotatable bonds is 4. The fourth-order valence-electron chi connectivity index (χ4n) is 4.20. The van der Waals surface area contributed by atoms with Crippen molar-refractivity contribution < 1.29 is 23.8 Å². The smallest absolute Gasteiger partial charge is 0.231 e. The van der Waals surface area contributed by atoms with Crippen LogP contribution in [-0.2, 0) is 6.42 Å². The lowest BCUT2D eigenvalue weighted by atomic mass is 9.85. The number of aliphatic hydroxyl groups excluding tert-OH is 1. The molecule has 4 rings (SSSR count). The molecule has 0 saturated heterocycles. The molecular weight excluding hydrogens is 410 g/mol. The summed E-state index contributed by atoms with van der Waals surface area (Å²) in [5.74, 6) is 2.19. The Labute approximate surface area is 168 Å². The van der Waals surface area contributed by atoms with Gasteiger partial charge >= 0.3 is 0 Å². The second-order valence-corrected chi connectivity index (χ2v) is 8.70. The Morgan fingerprint density at radius 3 is 2.70 bits per heavy atom. The zero-order valence-electron chi connectivity index (χ0n) is 15.9. The van der Waals surface area contributed by atoms with Crippen LogP contribution >= 0.6 is 15.9 Å². The molecule has 1 N–H and O–H groups in total. The van der Waals surface area contributed by atoms with Crippen molar-refractivity contribution in [3.05, 3.63) is 51.5 Å². The van der Waals surface area contributed by atoms with Gasteiger partial charge in [0, 0.05) is 17.3 Å². The number of aliphatic hydroxyl groups is 1. The number of fused-ring (bicyclic) bond motifs is 2. The molecular formula is C21H25BrNO4+. The van der Waals surface area contributed by atoms with E-state index in [1.807, 2.05) is 24.3 Å². The van der Waals surface area contributed by atoms with Gasteiger partial charge in [-0.25, -0.2) is 0 Å². The standard InChI is InChI=1S/C21H25BrNO4/c1-23(2)9-8-14-10-18-20(27-12-26-18)21(25-3)19(14)16(23)11-17(24)13-4-6-15(22)7-5-13/h4-7,10,16-17,24H,8-9,11-12H2,1-3H3/q+1/t16-,17-/m1/s1. The van der Waals surface area contributed by atoms with Crippen LogP contribution in [0.4, 0.5) is 0 Å². The molecule has 0 amide bonds. The van der Waals surface area contributed by atoms with Gasteiger partial charge in [0.25, 0.3) is 0 Å². The van der Waals surface area contributed by atoms with E-state index in [4.69, 9.17) is 14.2 Å². The van der Waals surface area contributed by atoms with E-state index in [1.165, 1.54) is 5.56 Å². The van der Waals surface area contributed by atoms with Gasteiger partial charge in [-0.2, -0.15) is 0 Å². The number of nitrogens with zero attached hydrogens (tertiary/aromatic N) is 1.